The standard InChI is InChI=1S/C17H23N3O/c1-2-3-4-5-11-18-17(21)16-9-7-15(8-10-16)14-20-13-6-12-19-20/h6-10,12-13H,2-5,11,14H2,1H3,(H,18,21). The predicted molar refractivity (Wildman–Crippen MR) is 84.2 cm³/mol. The predicted octanol–water partition coefficient (Wildman–Crippen LogP) is 3.24. The normalized spacial score (nSPS) is 10.5. The summed E-state index contributed by atoms with van der Waals surface area (Å²) < 4.78 is 1.86. The molecule has 112 valence electrons. The van der Waals surface area contributed by atoms with Crippen LogP contribution in [0.25, 0.3) is 0 Å². The third-order valence-corrected chi connectivity index (χ3v) is 3.44. The van der Waals surface area contributed by atoms with Crippen molar-refractivity contribution in [2.45, 2.75) is 39.2 Å². The van der Waals surface area contributed by atoms with E-state index >= 15 is 0 Å². The first kappa shape index (κ1) is 15.3. The highest BCUT2D eigenvalue weighted by Gasteiger charge is 2.04. The molecular weight excluding hydrogens is 262 g/mol. The number of aromatic nitrogens is 2. The van der Waals surface area contributed by atoms with Crippen LogP contribution in [0.15, 0.2) is 42.7 Å². The van der Waals surface area contributed by atoms with Gasteiger partial charge in [-0.15, -0.1) is 0 Å². The minimum Gasteiger partial charge on any atom is -0.352 e. The quantitative estimate of drug-likeness (QED) is 0.757. The van der Waals surface area contributed by atoms with Gasteiger partial charge in [-0.05, 0) is 30.2 Å². The molecule has 0 spiro atoms. The SMILES string of the molecule is CCCCCCNC(=O)c1ccc(Cn2cccn2)cc1. The number of hydrogen-bond acceptors (Lipinski definition) is 2. The van der Waals surface area contributed by atoms with Crippen LogP contribution in [-0.2, 0) is 6.54 Å². The summed E-state index contributed by atoms with van der Waals surface area (Å²) >= 11 is 0. The molecule has 21 heavy (non-hydrogen) atoms. The maximum Gasteiger partial charge on any atom is 0.251 e. The average molecular weight is 285 g/mol. The minimum absolute atomic E-state index is 0.0112. The average Bonchev–Trinajstić information content (AvgIpc) is 3.00. The number of carbonyl (C=O) groups excluding carboxylic acids is 1. The molecule has 0 aliphatic carbocycles. The first-order valence-corrected chi connectivity index (χ1v) is 7.64. The molecular formula is C17H23N3O. The monoisotopic (exact) mass is 285 g/mol. The number of benzene rings is 1. The molecule has 0 aliphatic heterocycles. The van der Waals surface area contributed by atoms with Crippen LogP contribution in [0.4, 0.5) is 0 Å². The van der Waals surface area contributed by atoms with Crippen LogP contribution < -0.4 is 5.32 Å². The first-order chi connectivity index (χ1) is 10.3. The van der Waals surface area contributed by atoms with Crippen LogP contribution in [-0.4, -0.2) is 22.2 Å². The highest BCUT2D eigenvalue weighted by Crippen LogP contribution is 2.06. The Labute approximate surface area is 126 Å². The van der Waals surface area contributed by atoms with E-state index in [-0.39, 0.29) is 5.91 Å². The summed E-state index contributed by atoms with van der Waals surface area (Å²) in [5.74, 6) is 0.0112. The van der Waals surface area contributed by atoms with Crippen molar-refractivity contribution in [3.05, 3.63) is 53.9 Å². The van der Waals surface area contributed by atoms with E-state index in [1.165, 1.54) is 19.3 Å². The van der Waals surface area contributed by atoms with Crippen LogP contribution in [0.3, 0.4) is 0 Å². The van der Waals surface area contributed by atoms with Crippen molar-refractivity contribution >= 4 is 5.91 Å². The van der Waals surface area contributed by atoms with Crippen LogP contribution in [0.1, 0.15) is 48.5 Å². The molecule has 0 bridgehead atoms. The molecule has 1 heterocycles. The molecule has 4 heteroatoms. The van der Waals surface area contributed by atoms with Gasteiger partial charge in [-0.2, -0.15) is 5.10 Å². The summed E-state index contributed by atoms with van der Waals surface area (Å²) in [5, 5.41) is 7.14. The number of rotatable bonds is 8. The Morgan fingerprint density at radius 3 is 2.67 bits per heavy atom. The second kappa shape index (κ2) is 8.25. The van der Waals surface area contributed by atoms with Crippen LogP contribution >= 0.6 is 0 Å². The summed E-state index contributed by atoms with van der Waals surface area (Å²) in [6.07, 6.45) is 8.37. The zero-order valence-corrected chi connectivity index (χ0v) is 12.6. The fraction of sp³-hybridized carbons (Fsp3) is 0.412. The van der Waals surface area contributed by atoms with Crippen molar-refractivity contribution in [2.75, 3.05) is 6.54 Å². The van der Waals surface area contributed by atoms with Gasteiger partial charge in [0.2, 0.25) is 0 Å². The molecule has 1 aromatic carbocycles. The van der Waals surface area contributed by atoms with Crippen molar-refractivity contribution in [1.82, 2.24) is 15.1 Å². The summed E-state index contributed by atoms with van der Waals surface area (Å²) in [4.78, 5) is 12.0. The molecule has 2 aromatic rings. The summed E-state index contributed by atoms with van der Waals surface area (Å²) in [6.45, 7) is 3.67. The number of unbranched alkanes of at least 4 members (excludes halogenated alkanes) is 3. The van der Waals surface area contributed by atoms with E-state index in [9.17, 15) is 4.79 Å². The van der Waals surface area contributed by atoms with E-state index in [4.69, 9.17) is 0 Å². The van der Waals surface area contributed by atoms with Gasteiger partial charge in [0.05, 0.1) is 6.54 Å². The Morgan fingerprint density at radius 2 is 2.00 bits per heavy atom. The molecule has 0 unspecified atom stereocenters. The highest BCUT2D eigenvalue weighted by atomic mass is 16.1. The molecule has 1 N–H and O–H groups in total. The molecule has 0 fully saturated rings. The number of carbonyl (C=O) groups is 1. The third-order valence-electron chi connectivity index (χ3n) is 3.44. The van der Waals surface area contributed by atoms with Crippen molar-refractivity contribution in [3.8, 4) is 0 Å². The maximum atomic E-state index is 12.0. The van der Waals surface area contributed by atoms with Gasteiger partial charge in [-0.1, -0.05) is 38.3 Å². The Bertz CT molecular complexity index is 532. The zero-order chi connectivity index (χ0) is 14.9. The van der Waals surface area contributed by atoms with Gasteiger partial charge in [0, 0.05) is 24.5 Å². The molecule has 4 nitrogen and oxygen atoms in total. The van der Waals surface area contributed by atoms with Gasteiger partial charge in [-0.25, -0.2) is 0 Å². The fourth-order valence-corrected chi connectivity index (χ4v) is 2.20. The summed E-state index contributed by atoms with van der Waals surface area (Å²) in [5.41, 5.74) is 1.85. The fourth-order valence-electron chi connectivity index (χ4n) is 2.20. The Morgan fingerprint density at radius 1 is 1.19 bits per heavy atom. The topological polar surface area (TPSA) is 46.9 Å². The van der Waals surface area contributed by atoms with E-state index in [1.54, 1.807) is 6.20 Å². The molecule has 0 aliphatic rings. The van der Waals surface area contributed by atoms with Crippen LogP contribution in [0.5, 0.6) is 0 Å². The highest BCUT2D eigenvalue weighted by molar-refractivity contribution is 5.94. The number of hydrogen-bond donors (Lipinski definition) is 1. The molecule has 2 rings (SSSR count). The van der Waals surface area contributed by atoms with E-state index < -0.39 is 0 Å². The van der Waals surface area contributed by atoms with E-state index in [2.05, 4.69) is 17.3 Å². The Kier molecular flexibility index (Phi) is 6.00. The largest absolute Gasteiger partial charge is 0.352 e. The molecule has 0 atom stereocenters. The maximum absolute atomic E-state index is 12.0. The Balaban J connectivity index is 1.79. The van der Waals surface area contributed by atoms with Crippen molar-refractivity contribution < 1.29 is 4.79 Å². The Hall–Kier alpha value is -2.10. The van der Waals surface area contributed by atoms with Gasteiger partial charge in [0.1, 0.15) is 0 Å². The van der Waals surface area contributed by atoms with Gasteiger partial charge in [0.15, 0.2) is 0 Å². The molecule has 0 radical (unpaired) electrons. The lowest BCUT2D eigenvalue weighted by atomic mass is 10.1. The van der Waals surface area contributed by atoms with Crippen molar-refractivity contribution in [3.63, 3.8) is 0 Å². The van der Waals surface area contributed by atoms with E-state index in [0.717, 1.165) is 30.6 Å². The second-order valence-corrected chi connectivity index (χ2v) is 5.22. The molecule has 1 amide bonds. The minimum atomic E-state index is 0.0112. The molecule has 0 saturated carbocycles. The van der Waals surface area contributed by atoms with Crippen molar-refractivity contribution in [1.29, 1.82) is 0 Å². The zero-order valence-electron chi connectivity index (χ0n) is 12.6. The van der Waals surface area contributed by atoms with Gasteiger partial charge < -0.3 is 5.32 Å². The van der Waals surface area contributed by atoms with Crippen molar-refractivity contribution in [2.24, 2.45) is 0 Å². The summed E-state index contributed by atoms with van der Waals surface area (Å²) in [6, 6.07) is 9.61. The summed E-state index contributed by atoms with van der Waals surface area (Å²) in [7, 11) is 0. The van der Waals surface area contributed by atoms with Crippen LogP contribution in [0.2, 0.25) is 0 Å². The number of nitrogens with zero attached hydrogens (tertiary/aromatic N) is 2. The lowest BCUT2D eigenvalue weighted by molar-refractivity contribution is 0.0953. The number of amides is 1. The lowest BCUT2D eigenvalue weighted by Crippen LogP contribution is -2.24. The molecule has 0 saturated heterocycles. The second-order valence-electron chi connectivity index (χ2n) is 5.22. The lowest BCUT2D eigenvalue weighted by Gasteiger charge is -2.06. The first-order valence-electron chi connectivity index (χ1n) is 7.64. The smallest absolute Gasteiger partial charge is 0.251 e. The van der Waals surface area contributed by atoms with E-state index in [1.807, 2.05) is 41.2 Å². The van der Waals surface area contributed by atoms with Gasteiger partial charge >= 0.3 is 0 Å². The third kappa shape index (κ3) is 5.06. The number of nitrogens with one attached hydrogen (secondary N) is 1. The van der Waals surface area contributed by atoms with Gasteiger partial charge in [-0.3, -0.25) is 9.48 Å². The molecule has 1 aromatic heterocycles. The van der Waals surface area contributed by atoms with Crippen LogP contribution in [0, 0.1) is 0 Å². The van der Waals surface area contributed by atoms with Gasteiger partial charge in [0.25, 0.3) is 5.91 Å². The van der Waals surface area contributed by atoms with E-state index in [0.29, 0.717) is 0 Å².